The summed E-state index contributed by atoms with van der Waals surface area (Å²) in [6.07, 6.45) is 6.22. The normalized spacial score (nSPS) is 22.6. The molecular formula is C68H76N20O8S8. The number of thiazole rings is 4. The van der Waals surface area contributed by atoms with Gasteiger partial charge in [-0.3, -0.25) is 58.3 Å². The fourth-order valence-electron chi connectivity index (χ4n) is 11.9. The predicted octanol–water partition coefficient (Wildman–Crippen LogP) is 6.90. The fourth-order valence-corrected chi connectivity index (χ4v) is 20.4. The molecule has 36 heteroatoms. The maximum atomic E-state index is 14.1. The highest BCUT2D eigenvalue weighted by atomic mass is 32.2. The van der Waals surface area contributed by atoms with E-state index < -0.39 is 95.6 Å². The average Bonchev–Trinajstić information content (AvgIpc) is 1.66. The van der Waals surface area contributed by atoms with E-state index in [1.165, 1.54) is 92.4 Å². The molecule has 16 N–H and O–H groups in total. The number of aromatic nitrogens is 4. The number of carbonyl (C=O) groups is 8. The van der Waals surface area contributed by atoms with Crippen molar-refractivity contribution in [1.29, 1.82) is 0 Å². The number of nitrogens with one attached hydrogen (secondary N) is 8. The van der Waals surface area contributed by atoms with Gasteiger partial charge in [0.15, 0.2) is 0 Å². The van der Waals surface area contributed by atoms with E-state index in [4.69, 9.17) is 62.8 Å². The Morgan fingerprint density at radius 1 is 0.308 bits per heavy atom. The summed E-state index contributed by atoms with van der Waals surface area (Å²) < 4.78 is 3.02. The quantitative estimate of drug-likeness (QED) is 0.0438. The van der Waals surface area contributed by atoms with E-state index in [-0.39, 0.29) is 0 Å². The molecule has 544 valence electrons. The molecule has 20 bridgehead atoms. The Bertz CT molecular complexity index is 4160. The molecule has 9 heterocycles. The van der Waals surface area contributed by atoms with E-state index in [1.807, 2.05) is 24.3 Å². The van der Waals surface area contributed by atoms with Gasteiger partial charge < -0.3 is 65.5 Å². The van der Waals surface area contributed by atoms with Crippen LogP contribution in [-0.2, 0) is 38.4 Å². The molecule has 0 saturated heterocycles. The summed E-state index contributed by atoms with van der Waals surface area (Å²) >= 11 is 11.0. The van der Waals surface area contributed by atoms with Crippen LogP contribution in [0, 0.1) is 0 Å². The van der Waals surface area contributed by atoms with Crippen molar-refractivity contribution in [3.63, 3.8) is 0 Å². The number of amides is 8. The summed E-state index contributed by atoms with van der Waals surface area (Å²) in [5, 5.41) is 28.5. The minimum atomic E-state index is -0.907. The molecule has 8 atom stereocenters. The number of unbranched alkanes of at least 4 members (excludes halogenated alkanes) is 4. The van der Waals surface area contributed by atoms with E-state index in [9.17, 15) is 38.4 Å². The summed E-state index contributed by atoms with van der Waals surface area (Å²) in [4.78, 5) is 151. The van der Waals surface area contributed by atoms with Gasteiger partial charge in [0.05, 0.1) is 40.9 Å². The van der Waals surface area contributed by atoms with Crippen LogP contribution in [0.5, 0.6) is 0 Å². The zero-order valence-corrected chi connectivity index (χ0v) is 62.6. The average molecular weight is 1560 g/mol. The largest absolute Gasteiger partial charge is 0.342 e. The van der Waals surface area contributed by atoms with Crippen molar-refractivity contribution >= 4 is 223 Å². The van der Waals surface area contributed by atoms with Crippen molar-refractivity contribution < 1.29 is 38.4 Å². The molecule has 0 saturated carbocycles. The Morgan fingerprint density at radius 2 is 0.529 bits per heavy atom. The Kier molecular flexibility index (Phi) is 24.7. The van der Waals surface area contributed by atoms with Crippen LogP contribution in [0.15, 0.2) is 92.8 Å². The predicted molar refractivity (Wildman–Crippen MR) is 423 cm³/mol. The first kappa shape index (κ1) is 74.4. The molecular weight excluding hydrogens is 1480 g/mol. The number of nitrogens with two attached hydrogens (primary N) is 4. The van der Waals surface area contributed by atoms with Gasteiger partial charge in [-0.25, -0.2) is 19.9 Å². The monoisotopic (exact) mass is 1560 g/mol. The van der Waals surface area contributed by atoms with Gasteiger partial charge in [-0.2, -0.15) is 0 Å². The van der Waals surface area contributed by atoms with Gasteiger partial charge in [-0.1, -0.05) is 0 Å². The topological polar surface area (TPSA) is 438 Å². The number of hydrogen-bond donors (Lipinski definition) is 12. The summed E-state index contributed by atoms with van der Waals surface area (Å²) in [5.41, 5.74) is 28.0. The Hall–Kier alpha value is -7.88. The molecule has 5 aliphatic heterocycles. The zero-order valence-electron chi connectivity index (χ0n) is 56.1. The van der Waals surface area contributed by atoms with Crippen molar-refractivity contribution in [1.82, 2.24) is 41.2 Å². The summed E-state index contributed by atoms with van der Waals surface area (Å²) in [6, 6.07) is 14.5. The molecule has 104 heavy (non-hydrogen) atoms. The second-order valence-corrected chi connectivity index (χ2v) is 33.3. The Balaban J connectivity index is 0.749. The summed E-state index contributed by atoms with van der Waals surface area (Å²) in [7, 11) is 0. The van der Waals surface area contributed by atoms with Gasteiger partial charge >= 0.3 is 0 Å². The molecule has 4 aromatic carbocycles. The van der Waals surface area contributed by atoms with Crippen LogP contribution in [0.2, 0.25) is 0 Å². The number of benzene rings is 4. The number of aliphatic imine (C=N–C) groups is 4. The molecule has 28 nitrogen and oxygen atoms in total. The van der Waals surface area contributed by atoms with Crippen LogP contribution in [0.25, 0.3) is 40.9 Å². The minimum absolute atomic E-state index is 0.321. The first-order valence-electron chi connectivity index (χ1n) is 34.3. The van der Waals surface area contributed by atoms with Crippen LogP contribution >= 0.6 is 92.4 Å². The maximum absolute atomic E-state index is 14.1. The molecule has 0 spiro atoms. The van der Waals surface area contributed by atoms with Crippen molar-refractivity contribution in [2.24, 2.45) is 42.9 Å². The third-order valence-electron chi connectivity index (χ3n) is 17.5. The minimum Gasteiger partial charge on any atom is -0.342 e. The number of carbonyl (C=O) groups excluding carboxylic acids is 8. The van der Waals surface area contributed by atoms with Crippen LogP contribution in [0.3, 0.4) is 0 Å². The molecule has 13 rings (SSSR count). The number of nitrogens with zero attached hydrogens (tertiary/aromatic N) is 8. The Morgan fingerprint density at radius 3 is 0.740 bits per heavy atom. The molecule has 8 amide bonds. The van der Waals surface area contributed by atoms with Gasteiger partial charge in [0.2, 0.25) is 47.3 Å². The lowest BCUT2D eigenvalue weighted by Crippen LogP contribution is -2.47. The van der Waals surface area contributed by atoms with Crippen LogP contribution in [0.4, 0.5) is 22.7 Å². The van der Waals surface area contributed by atoms with Crippen molar-refractivity contribution in [3.8, 4) is 0 Å². The first-order chi connectivity index (χ1) is 50.5. The molecule has 0 fully saturated rings. The van der Waals surface area contributed by atoms with E-state index in [0.717, 1.165) is 18.8 Å². The smallest absolute Gasteiger partial charge is 0.246 e. The van der Waals surface area contributed by atoms with Crippen LogP contribution < -0.4 is 65.5 Å². The standard InChI is InChI=1S/C68H76N20O8S8/c69-21-5-1-9-41-53(89)73-33-13-17-37-49(25-33)101-66(81-37)62-86-46(30-98-62)58(94)78-43(11-3-7-23-71)55(91)75-35-15-19-39-51(27-35)103-68(83-39)64-88-48(32-100-64)60(96)80-44(12-4-8-24-72)56(92)76-36-16-20-40-52(28-36)104-67(84-40)63-87-47(31-99-63)59(95)79-42(10-2-6-22-70)54(90)74-34-14-18-38-50(26-34)102-65(82-38)61-85-45(29-97-61)57(93)77-41/h13-20,25-28,41-48H,1-12,21-24,29-32,69-72H2,(H,73,89)(H,74,90)(H,75,91)(H,76,92)(H,77,93)(H,78,94)(H,79,95)(H,80,96)/t41-,42-,43-,44-,45-,46-,47-,48-/m0/s1. The second kappa shape index (κ2) is 34.6. The lowest BCUT2D eigenvalue weighted by Gasteiger charge is -2.19. The lowest BCUT2D eigenvalue weighted by atomic mass is 10.1. The van der Waals surface area contributed by atoms with Gasteiger partial charge in [0.25, 0.3) is 0 Å². The molecule has 8 aromatic rings. The van der Waals surface area contributed by atoms with Crippen LogP contribution in [0.1, 0.15) is 97.1 Å². The maximum Gasteiger partial charge on any atom is 0.246 e. The SMILES string of the molecule is NCCCC[C@@H]1NC(=O)[C@@H]2CSC(=N2)c2nc3ccc(cc3s2)NC(=O)[C@H](CCCCN)NC(=O)[C@@H]2CSC(=N2)c2nc3ccc(cc3s2)NC(=O)[C@H](CCCCN)NC(=O)[C@@H]2CSC(=N2)c2nc3ccc(cc3s2)NC(=O)[C@H](CCCCN)NC(=O)[C@@H]2CSC(=N2)c2nc3ccc(cc3s2)NC1=O. The van der Waals surface area contributed by atoms with Gasteiger partial charge in [-0.15, -0.1) is 92.4 Å². The molecule has 0 unspecified atom stereocenters. The van der Waals surface area contributed by atoms with Crippen molar-refractivity contribution in [2.75, 3.05) is 70.5 Å². The number of anilines is 4. The first-order valence-corrected chi connectivity index (χ1v) is 41.5. The highest BCUT2D eigenvalue weighted by Gasteiger charge is 2.36. The van der Waals surface area contributed by atoms with Crippen LogP contribution in [-0.4, -0.2) is 185 Å². The third-order valence-corrected chi connectivity index (χ3v) is 26.3. The third kappa shape index (κ3) is 18.1. The number of fused-ring (bicyclic) bond motifs is 16. The van der Waals surface area contributed by atoms with E-state index in [0.29, 0.717) is 211 Å². The Labute approximate surface area is 629 Å². The second-order valence-electron chi connectivity index (χ2n) is 25.2. The van der Waals surface area contributed by atoms with E-state index in [1.54, 1.807) is 48.5 Å². The van der Waals surface area contributed by atoms with Crippen molar-refractivity contribution in [3.05, 3.63) is 92.8 Å². The summed E-state index contributed by atoms with van der Waals surface area (Å²) in [6.45, 7) is 1.66. The fraction of sp³-hybridized carbons (Fsp3) is 0.412. The van der Waals surface area contributed by atoms with E-state index >= 15 is 0 Å². The van der Waals surface area contributed by atoms with E-state index in [2.05, 4.69) is 42.5 Å². The highest BCUT2D eigenvalue weighted by molar-refractivity contribution is 8.16. The van der Waals surface area contributed by atoms with Gasteiger partial charge in [-0.05, 0) is 176 Å². The molecule has 5 aliphatic rings. The number of hydrogen-bond acceptors (Lipinski definition) is 28. The summed E-state index contributed by atoms with van der Waals surface area (Å²) in [5.74, 6) is -2.01. The molecule has 4 aromatic heterocycles. The number of thioether (sulfide) groups is 4. The highest BCUT2D eigenvalue weighted by Crippen LogP contribution is 2.37. The van der Waals surface area contributed by atoms with Gasteiger partial charge in [0, 0.05) is 45.8 Å². The molecule has 0 aliphatic carbocycles. The number of rotatable bonds is 16. The van der Waals surface area contributed by atoms with Gasteiger partial charge in [0.1, 0.15) is 88.5 Å². The zero-order chi connectivity index (χ0) is 72.4. The molecule has 0 radical (unpaired) electrons. The van der Waals surface area contributed by atoms with Crippen molar-refractivity contribution in [2.45, 2.75) is 125 Å². The lowest BCUT2D eigenvalue weighted by molar-refractivity contribution is -0.127.